The zero-order valence-corrected chi connectivity index (χ0v) is 13.6. The first-order chi connectivity index (χ1) is 8.55. The Hall–Kier alpha value is -0.180. The third-order valence-corrected chi connectivity index (χ3v) is 3.74. The zero-order valence-electron chi connectivity index (χ0n) is 12.0. The van der Waals surface area contributed by atoms with Crippen molar-refractivity contribution < 1.29 is 25.2 Å². The fraction of sp³-hybridized carbons (Fsp3) is 1.00. The quantitative estimate of drug-likeness (QED) is 0.450. The summed E-state index contributed by atoms with van der Waals surface area (Å²) in [6.45, 7) is 3.57. The molecule has 8 heteroatoms. The van der Waals surface area contributed by atoms with Crippen molar-refractivity contribution in [3.05, 3.63) is 0 Å². The molecule has 0 rings (SSSR count). The Labute approximate surface area is 116 Å². The van der Waals surface area contributed by atoms with Gasteiger partial charge in [0.15, 0.2) is 0 Å². The van der Waals surface area contributed by atoms with E-state index in [1.807, 2.05) is 0 Å². The van der Waals surface area contributed by atoms with Crippen LogP contribution < -0.4 is 0 Å². The maximum atomic E-state index is 11.2. The molecule has 0 heterocycles. The van der Waals surface area contributed by atoms with Crippen molar-refractivity contribution in [2.75, 3.05) is 12.5 Å². The highest BCUT2D eigenvalue weighted by molar-refractivity contribution is 7.86. The molecule has 0 bridgehead atoms. The number of unbranched alkanes of at least 4 members (excludes halogenated alkanes) is 3. The standard InChI is InChI=1S/C11H24O6S2/c1-5-6-7-8-9-11(17-19(4,14)15)10(2)16-18(3,12)13/h10-11H,5-9H2,1-4H3. The Morgan fingerprint density at radius 1 is 0.895 bits per heavy atom. The number of hydrogen-bond donors (Lipinski definition) is 0. The van der Waals surface area contributed by atoms with Crippen LogP contribution in [0.15, 0.2) is 0 Å². The van der Waals surface area contributed by atoms with Crippen LogP contribution in [0.5, 0.6) is 0 Å². The first-order valence-corrected chi connectivity index (χ1v) is 9.95. The van der Waals surface area contributed by atoms with Crippen LogP contribution in [0.3, 0.4) is 0 Å². The molecule has 2 atom stereocenters. The molecule has 116 valence electrons. The van der Waals surface area contributed by atoms with Gasteiger partial charge >= 0.3 is 0 Å². The van der Waals surface area contributed by atoms with Gasteiger partial charge in [-0.05, 0) is 13.3 Å². The molecule has 6 nitrogen and oxygen atoms in total. The predicted molar refractivity (Wildman–Crippen MR) is 73.9 cm³/mol. The van der Waals surface area contributed by atoms with Gasteiger partial charge in [-0.15, -0.1) is 0 Å². The fourth-order valence-electron chi connectivity index (χ4n) is 1.70. The molecule has 0 aliphatic heterocycles. The molecule has 0 aromatic rings. The van der Waals surface area contributed by atoms with Gasteiger partial charge in [0.25, 0.3) is 20.2 Å². The van der Waals surface area contributed by atoms with E-state index in [9.17, 15) is 16.8 Å². The van der Waals surface area contributed by atoms with E-state index in [0.717, 1.165) is 38.2 Å². The van der Waals surface area contributed by atoms with Gasteiger partial charge in [-0.1, -0.05) is 32.6 Å². The van der Waals surface area contributed by atoms with Gasteiger partial charge in [0, 0.05) is 0 Å². The summed E-state index contributed by atoms with van der Waals surface area (Å²) in [5.74, 6) is 0. The SMILES string of the molecule is CCCCCCC(OS(C)(=O)=O)C(C)OS(C)(=O)=O. The first kappa shape index (κ1) is 18.8. The van der Waals surface area contributed by atoms with Crippen molar-refractivity contribution in [3.8, 4) is 0 Å². The summed E-state index contributed by atoms with van der Waals surface area (Å²) in [5.41, 5.74) is 0. The fourth-order valence-corrected chi connectivity index (χ4v) is 3.07. The summed E-state index contributed by atoms with van der Waals surface area (Å²) < 4.78 is 54.2. The van der Waals surface area contributed by atoms with Crippen LogP contribution in [-0.2, 0) is 28.6 Å². The summed E-state index contributed by atoms with van der Waals surface area (Å²) >= 11 is 0. The predicted octanol–water partition coefficient (Wildman–Crippen LogP) is 1.67. The van der Waals surface area contributed by atoms with Gasteiger partial charge in [0.1, 0.15) is 12.2 Å². The van der Waals surface area contributed by atoms with Crippen LogP contribution in [0.1, 0.15) is 46.0 Å². The van der Waals surface area contributed by atoms with Crippen LogP contribution in [-0.4, -0.2) is 41.6 Å². The van der Waals surface area contributed by atoms with E-state index < -0.39 is 32.4 Å². The molecule has 0 aliphatic carbocycles. The van der Waals surface area contributed by atoms with E-state index in [2.05, 4.69) is 6.92 Å². The highest BCUT2D eigenvalue weighted by atomic mass is 32.2. The van der Waals surface area contributed by atoms with Gasteiger partial charge < -0.3 is 0 Å². The summed E-state index contributed by atoms with van der Waals surface area (Å²) in [6, 6.07) is 0. The van der Waals surface area contributed by atoms with Crippen LogP contribution in [0.2, 0.25) is 0 Å². The second kappa shape index (κ2) is 8.18. The minimum atomic E-state index is -3.64. The van der Waals surface area contributed by atoms with E-state index in [4.69, 9.17) is 8.37 Å². The van der Waals surface area contributed by atoms with Crippen molar-refractivity contribution in [2.45, 2.75) is 58.2 Å². The largest absolute Gasteiger partial charge is 0.264 e. The summed E-state index contributed by atoms with van der Waals surface area (Å²) in [7, 11) is -7.28. The summed E-state index contributed by atoms with van der Waals surface area (Å²) in [6.07, 6.45) is 4.55. The monoisotopic (exact) mass is 316 g/mol. The van der Waals surface area contributed by atoms with Crippen LogP contribution in [0.4, 0.5) is 0 Å². The average Bonchev–Trinajstić information content (AvgIpc) is 2.18. The topological polar surface area (TPSA) is 86.7 Å². The second-order valence-corrected chi connectivity index (χ2v) is 7.90. The third kappa shape index (κ3) is 11.4. The van der Waals surface area contributed by atoms with E-state index >= 15 is 0 Å². The maximum Gasteiger partial charge on any atom is 0.264 e. The molecule has 0 N–H and O–H groups in total. The van der Waals surface area contributed by atoms with Gasteiger partial charge in [0.2, 0.25) is 0 Å². The molecule has 0 spiro atoms. The molecule has 0 saturated heterocycles. The lowest BCUT2D eigenvalue weighted by molar-refractivity contribution is 0.0682. The summed E-state index contributed by atoms with van der Waals surface area (Å²) in [5, 5.41) is 0. The van der Waals surface area contributed by atoms with Crippen LogP contribution in [0, 0.1) is 0 Å². The molecule has 0 radical (unpaired) electrons. The van der Waals surface area contributed by atoms with Crippen molar-refractivity contribution >= 4 is 20.2 Å². The molecule has 0 aromatic carbocycles. The highest BCUT2D eigenvalue weighted by Crippen LogP contribution is 2.17. The highest BCUT2D eigenvalue weighted by Gasteiger charge is 2.25. The Morgan fingerprint density at radius 2 is 1.42 bits per heavy atom. The molecule has 0 amide bonds. The molecular formula is C11H24O6S2. The molecule has 0 saturated carbocycles. The molecule has 0 fully saturated rings. The van der Waals surface area contributed by atoms with Gasteiger partial charge in [-0.2, -0.15) is 16.8 Å². The number of rotatable bonds is 10. The first-order valence-electron chi connectivity index (χ1n) is 6.31. The lowest BCUT2D eigenvalue weighted by atomic mass is 10.1. The minimum absolute atomic E-state index is 0.448. The average molecular weight is 316 g/mol. The Balaban J connectivity index is 4.57. The van der Waals surface area contributed by atoms with Gasteiger partial charge in [-0.25, -0.2) is 0 Å². The van der Waals surface area contributed by atoms with Crippen molar-refractivity contribution in [1.29, 1.82) is 0 Å². The molecule has 0 aromatic heterocycles. The van der Waals surface area contributed by atoms with Crippen molar-refractivity contribution in [1.82, 2.24) is 0 Å². The summed E-state index contributed by atoms with van der Waals surface area (Å²) in [4.78, 5) is 0. The van der Waals surface area contributed by atoms with Crippen LogP contribution >= 0.6 is 0 Å². The van der Waals surface area contributed by atoms with Gasteiger partial charge in [-0.3, -0.25) is 8.37 Å². The Bertz CT molecular complexity index is 440. The molecule has 2 unspecified atom stereocenters. The van der Waals surface area contributed by atoms with E-state index in [-0.39, 0.29) is 0 Å². The van der Waals surface area contributed by atoms with Crippen molar-refractivity contribution in [2.24, 2.45) is 0 Å². The lowest BCUT2D eigenvalue weighted by Gasteiger charge is -2.22. The Morgan fingerprint density at radius 3 is 1.84 bits per heavy atom. The van der Waals surface area contributed by atoms with E-state index in [1.54, 1.807) is 0 Å². The van der Waals surface area contributed by atoms with E-state index in [1.165, 1.54) is 6.92 Å². The lowest BCUT2D eigenvalue weighted by Crippen LogP contribution is -2.32. The molecule has 19 heavy (non-hydrogen) atoms. The van der Waals surface area contributed by atoms with Crippen molar-refractivity contribution in [3.63, 3.8) is 0 Å². The third-order valence-electron chi connectivity index (χ3n) is 2.49. The smallest absolute Gasteiger partial charge is 0.264 e. The second-order valence-electron chi connectivity index (χ2n) is 4.69. The van der Waals surface area contributed by atoms with Crippen LogP contribution in [0.25, 0.3) is 0 Å². The minimum Gasteiger partial charge on any atom is -0.264 e. The molecule has 0 aliphatic rings. The normalized spacial score (nSPS) is 16.2. The van der Waals surface area contributed by atoms with E-state index in [0.29, 0.717) is 6.42 Å². The maximum absolute atomic E-state index is 11.2. The Kier molecular flexibility index (Phi) is 8.11. The van der Waals surface area contributed by atoms with Gasteiger partial charge in [0.05, 0.1) is 12.5 Å². The molecular weight excluding hydrogens is 292 g/mol. The zero-order chi connectivity index (χ0) is 15.1. The number of hydrogen-bond acceptors (Lipinski definition) is 6.